The van der Waals surface area contributed by atoms with E-state index in [4.69, 9.17) is 4.74 Å². The molecule has 0 saturated carbocycles. The second kappa shape index (κ2) is 7.42. The lowest BCUT2D eigenvalue weighted by Crippen LogP contribution is -2.43. The van der Waals surface area contributed by atoms with Gasteiger partial charge in [0, 0.05) is 18.0 Å². The molecule has 0 bridgehead atoms. The van der Waals surface area contributed by atoms with Crippen LogP contribution in [0.15, 0.2) is 18.2 Å². The highest BCUT2D eigenvalue weighted by atomic mass is 19.1. The molecule has 4 heteroatoms. The minimum Gasteiger partial charge on any atom is -0.487 e. The lowest BCUT2D eigenvalue weighted by Gasteiger charge is -2.42. The van der Waals surface area contributed by atoms with Gasteiger partial charge in [0.1, 0.15) is 17.2 Å². The number of fused-ring (bicyclic) bond motifs is 1. The Hall–Kier alpha value is -1.13. The number of halogens is 1. The molecule has 1 unspecified atom stereocenters. The number of ether oxygens (including phenoxy) is 1. The van der Waals surface area contributed by atoms with Crippen molar-refractivity contribution in [2.75, 3.05) is 27.2 Å². The highest BCUT2D eigenvalue weighted by Gasteiger charge is 2.38. The van der Waals surface area contributed by atoms with Gasteiger partial charge in [-0.2, -0.15) is 0 Å². The molecule has 124 valence electrons. The zero-order valence-electron chi connectivity index (χ0n) is 14.3. The maximum atomic E-state index is 13.6. The lowest BCUT2D eigenvalue weighted by molar-refractivity contribution is 0.0225. The van der Waals surface area contributed by atoms with E-state index in [-0.39, 0.29) is 17.5 Å². The molecule has 1 aromatic carbocycles. The Morgan fingerprint density at radius 1 is 1.32 bits per heavy atom. The first kappa shape index (κ1) is 17.2. The summed E-state index contributed by atoms with van der Waals surface area (Å²) in [5, 5.41) is 3.61. The fourth-order valence-corrected chi connectivity index (χ4v) is 3.18. The van der Waals surface area contributed by atoms with Gasteiger partial charge >= 0.3 is 0 Å². The van der Waals surface area contributed by atoms with Gasteiger partial charge in [-0.1, -0.05) is 13.8 Å². The zero-order chi connectivity index (χ0) is 16.2. The van der Waals surface area contributed by atoms with E-state index in [9.17, 15) is 4.39 Å². The summed E-state index contributed by atoms with van der Waals surface area (Å²) in [7, 11) is 4.16. The second-order valence-corrected chi connectivity index (χ2v) is 6.54. The Bertz CT molecular complexity index is 486. The van der Waals surface area contributed by atoms with E-state index in [1.807, 2.05) is 0 Å². The van der Waals surface area contributed by atoms with Gasteiger partial charge in [-0.15, -0.1) is 0 Å². The number of hydrogen-bond donors (Lipinski definition) is 1. The molecule has 0 fully saturated rings. The van der Waals surface area contributed by atoms with Crippen LogP contribution in [-0.4, -0.2) is 37.7 Å². The van der Waals surface area contributed by atoms with Gasteiger partial charge in [-0.3, -0.25) is 0 Å². The molecule has 2 rings (SSSR count). The first-order valence-electron chi connectivity index (χ1n) is 8.36. The number of rotatable bonds is 7. The minimum atomic E-state index is -0.192. The summed E-state index contributed by atoms with van der Waals surface area (Å²) in [6, 6.07) is 5.05. The Morgan fingerprint density at radius 2 is 2.05 bits per heavy atom. The summed E-state index contributed by atoms with van der Waals surface area (Å²) in [4.78, 5) is 2.18. The Labute approximate surface area is 133 Å². The summed E-state index contributed by atoms with van der Waals surface area (Å²) in [6.07, 6.45) is 3.92. The van der Waals surface area contributed by atoms with Crippen molar-refractivity contribution < 1.29 is 9.13 Å². The lowest BCUT2D eigenvalue weighted by atomic mass is 9.83. The van der Waals surface area contributed by atoms with Gasteiger partial charge in [-0.25, -0.2) is 4.39 Å². The molecule has 0 radical (unpaired) electrons. The largest absolute Gasteiger partial charge is 0.487 e. The van der Waals surface area contributed by atoms with E-state index in [0.29, 0.717) is 0 Å². The number of hydrogen-bond acceptors (Lipinski definition) is 3. The van der Waals surface area contributed by atoms with E-state index in [2.05, 4.69) is 38.2 Å². The molecule has 0 amide bonds. The molecule has 22 heavy (non-hydrogen) atoms. The normalized spacial score (nSPS) is 19.8. The molecule has 3 nitrogen and oxygen atoms in total. The van der Waals surface area contributed by atoms with Crippen LogP contribution in [0.5, 0.6) is 5.75 Å². The van der Waals surface area contributed by atoms with Crippen LogP contribution < -0.4 is 10.1 Å². The van der Waals surface area contributed by atoms with Crippen molar-refractivity contribution in [2.45, 2.75) is 51.2 Å². The van der Waals surface area contributed by atoms with Crippen molar-refractivity contribution in [3.05, 3.63) is 29.6 Å². The quantitative estimate of drug-likeness (QED) is 0.776. The number of nitrogens with one attached hydrogen (secondary N) is 1. The monoisotopic (exact) mass is 308 g/mol. The zero-order valence-corrected chi connectivity index (χ0v) is 14.3. The molecule has 0 saturated heterocycles. The van der Waals surface area contributed by atoms with Gasteiger partial charge < -0.3 is 15.0 Å². The molecule has 1 aliphatic heterocycles. The fraction of sp³-hybridized carbons (Fsp3) is 0.667. The van der Waals surface area contributed by atoms with Crippen molar-refractivity contribution in [1.82, 2.24) is 10.2 Å². The van der Waals surface area contributed by atoms with Crippen molar-refractivity contribution in [3.8, 4) is 5.75 Å². The third-order valence-corrected chi connectivity index (χ3v) is 4.71. The highest BCUT2D eigenvalue weighted by Crippen LogP contribution is 2.42. The Balaban J connectivity index is 2.14. The predicted molar refractivity (Wildman–Crippen MR) is 88.9 cm³/mol. The first-order chi connectivity index (χ1) is 10.5. The van der Waals surface area contributed by atoms with Crippen LogP contribution >= 0.6 is 0 Å². The molecule has 1 atom stereocenters. The fourth-order valence-electron chi connectivity index (χ4n) is 3.18. The van der Waals surface area contributed by atoms with Crippen LogP contribution in [0, 0.1) is 5.82 Å². The molecular formula is C18H29FN2O. The first-order valence-corrected chi connectivity index (χ1v) is 8.36. The van der Waals surface area contributed by atoms with Gasteiger partial charge in [0.05, 0.1) is 0 Å². The van der Waals surface area contributed by atoms with Crippen LogP contribution in [0.4, 0.5) is 4.39 Å². The van der Waals surface area contributed by atoms with Crippen molar-refractivity contribution >= 4 is 0 Å². The average Bonchev–Trinajstić information content (AvgIpc) is 2.51. The highest BCUT2D eigenvalue weighted by molar-refractivity contribution is 5.39. The summed E-state index contributed by atoms with van der Waals surface area (Å²) in [5.41, 5.74) is 0.826. The number of nitrogens with zero attached hydrogens (tertiary/aromatic N) is 1. The van der Waals surface area contributed by atoms with Crippen LogP contribution in [0.1, 0.15) is 51.1 Å². The van der Waals surface area contributed by atoms with Gasteiger partial charge in [-0.05, 0) is 64.6 Å². The Morgan fingerprint density at radius 3 is 2.68 bits per heavy atom. The third-order valence-electron chi connectivity index (χ3n) is 4.71. The van der Waals surface area contributed by atoms with E-state index in [0.717, 1.165) is 50.1 Å². The van der Waals surface area contributed by atoms with Crippen molar-refractivity contribution in [2.24, 2.45) is 0 Å². The van der Waals surface area contributed by atoms with E-state index >= 15 is 0 Å². The molecule has 1 N–H and O–H groups in total. The molecule has 1 heterocycles. The van der Waals surface area contributed by atoms with Crippen LogP contribution in [0.25, 0.3) is 0 Å². The van der Waals surface area contributed by atoms with Crippen LogP contribution in [-0.2, 0) is 0 Å². The van der Waals surface area contributed by atoms with E-state index < -0.39 is 0 Å². The topological polar surface area (TPSA) is 24.5 Å². The average molecular weight is 308 g/mol. The SMILES string of the molecule is CCC1(CC)CC(NCCCN(C)C)c2cc(F)ccc2O1. The van der Waals surface area contributed by atoms with E-state index in [1.54, 1.807) is 12.1 Å². The summed E-state index contributed by atoms with van der Waals surface area (Å²) in [6.45, 7) is 6.32. The standard InChI is InChI=1S/C18H29FN2O/c1-5-18(6-2)13-16(20-10-7-11-21(3)4)15-12-14(19)8-9-17(15)22-18/h8-9,12,16,20H,5-7,10-11,13H2,1-4H3. The Kier molecular flexibility index (Phi) is 5.81. The molecule has 0 aliphatic carbocycles. The van der Waals surface area contributed by atoms with E-state index in [1.165, 1.54) is 6.07 Å². The molecule has 1 aromatic rings. The predicted octanol–water partition coefficient (Wildman–Crippen LogP) is 3.75. The molecule has 0 spiro atoms. The summed E-state index contributed by atoms with van der Waals surface area (Å²) in [5.74, 6) is 0.643. The molecular weight excluding hydrogens is 279 g/mol. The third kappa shape index (κ3) is 3.99. The second-order valence-electron chi connectivity index (χ2n) is 6.54. The molecule has 1 aliphatic rings. The molecule has 0 aromatic heterocycles. The maximum Gasteiger partial charge on any atom is 0.125 e. The van der Waals surface area contributed by atoms with Crippen LogP contribution in [0.2, 0.25) is 0 Å². The summed E-state index contributed by atoms with van der Waals surface area (Å²) < 4.78 is 19.9. The van der Waals surface area contributed by atoms with Crippen molar-refractivity contribution in [1.29, 1.82) is 0 Å². The summed E-state index contributed by atoms with van der Waals surface area (Å²) >= 11 is 0. The van der Waals surface area contributed by atoms with Gasteiger partial charge in [0.25, 0.3) is 0 Å². The van der Waals surface area contributed by atoms with Gasteiger partial charge in [0.2, 0.25) is 0 Å². The minimum absolute atomic E-state index is 0.135. The smallest absolute Gasteiger partial charge is 0.125 e. The van der Waals surface area contributed by atoms with Gasteiger partial charge in [0.15, 0.2) is 0 Å². The maximum absolute atomic E-state index is 13.6. The van der Waals surface area contributed by atoms with Crippen molar-refractivity contribution in [3.63, 3.8) is 0 Å². The van der Waals surface area contributed by atoms with Crippen LogP contribution in [0.3, 0.4) is 0 Å². The number of benzene rings is 1.